The van der Waals surface area contributed by atoms with E-state index in [4.69, 9.17) is 9.47 Å². The summed E-state index contributed by atoms with van der Waals surface area (Å²) in [6.45, 7) is 1.17. The number of methoxy groups -OCH3 is 1. The standard InChI is InChI=1S/C16H18O4/c1-19-10-4-5-11-20-15-13-7-3-2-6-12(13)8-9-14(15)16(17)18/h2-3,6-9H,4-5,10-11H2,1H3,(H,17,18). The summed E-state index contributed by atoms with van der Waals surface area (Å²) in [5.74, 6) is -0.518. The largest absolute Gasteiger partial charge is 0.492 e. The van der Waals surface area contributed by atoms with Crippen molar-refractivity contribution in [1.29, 1.82) is 0 Å². The second-order valence-electron chi connectivity index (χ2n) is 4.52. The van der Waals surface area contributed by atoms with Gasteiger partial charge in [-0.25, -0.2) is 4.79 Å². The van der Waals surface area contributed by atoms with Gasteiger partial charge in [0.05, 0.1) is 6.61 Å². The van der Waals surface area contributed by atoms with E-state index >= 15 is 0 Å². The minimum atomic E-state index is -0.970. The van der Waals surface area contributed by atoms with Gasteiger partial charge in [-0.15, -0.1) is 0 Å². The molecular weight excluding hydrogens is 256 g/mol. The number of fused-ring (bicyclic) bond motifs is 1. The Balaban J connectivity index is 2.23. The number of rotatable bonds is 7. The Morgan fingerprint density at radius 1 is 1.10 bits per heavy atom. The fraction of sp³-hybridized carbons (Fsp3) is 0.312. The van der Waals surface area contributed by atoms with Crippen LogP contribution in [0.1, 0.15) is 23.2 Å². The van der Waals surface area contributed by atoms with Crippen molar-refractivity contribution in [1.82, 2.24) is 0 Å². The van der Waals surface area contributed by atoms with Gasteiger partial charge in [-0.05, 0) is 24.3 Å². The average Bonchev–Trinajstić information content (AvgIpc) is 2.46. The Kier molecular flexibility index (Phi) is 4.96. The van der Waals surface area contributed by atoms with Crippen molar-refractivity contribution < 1.29 is 19.4 Å². The summed E-state index contributed by atoms with van der Waals surface area (Å²) in [6, 6.07) is 11.0. The summed E-state index contributed by atoms with van der Waals surface area (Å²) in [4.78, 5) is 11.3. The van der Waals surface area contributed by atoms with E-state index in [1.54, 1.807) is 19.2 Å². The SMILES string of the molecule is COCCCCOc1c(C(=O)O)ccc2ccccc12. The zero-order valence-corrected chi connectivity index (χ0v) is 11.5. The van der Waals surface area contributed by atoms with Crippen LogP contribution in [0.3, 0.4) is 0 Å². The monoisotopic (exact) mass is 274 g/mol. The number of ether oxygens (including phenoxy) is 2. The first-order valence-electron chi connectivity index (χ1n) is 6.61. The highest BCUT2D eigenvalue weighted by Gasteiger charge is 2.14. The molecule has 0 saturated carbocycles. The number of carboxylic acids is 1. The molecule has 0 saturated heterocycles. The van der Waals surface area contributed by atoms with Crippen molar-refractivity contribution in [3.8, 4) is 5.75 Å². The molecule has 0 aliphatic carbocycles. The van der Waals surface area contributed by atoms with Crippen LogP contribution >= 0.6 is 0 Å². The second-order valence-corrected chi connectivity index (χ2v) is 4.52. The molecule has 0 bridgehead atoms. The molecule has 2 rings (SSSR count). The number of hydrogen-bond acceptors (Lipinski definition) is 3. The number of aromatic carboxylic acids is 1. The Morgan fingerprint density at radius 2 is 1.85 bits per heavy atom. The Hall–Kier alpha value is -2.07. The van der Waals surface area contributed by atoms with Gasteiger partial charge >= 0.3 is 5.97 Å². The van der Waals surface area contributed by atoms with Crippen LogP contribution in [0.15, 0.2) is 36.4 Å². The van der Waals surface area contributed by atoms with Crippen LogP contribution in [-0.2, 0) is 4.74 Å². The summed E-state index contributed by atoms with van der Waals surface area (Å²) in [7, 11) is 1.66. The maximum Gasteiger partial charge on any atom is 0.339 e. The molecule has 0 amide bonds. The first-order valence-corrected chi connectivity index (χ1v) is 6.61. The summed E-state index contributed by atoms with van der Waals surface area (Å²) in [5, 5.41) is 11.1. The molecule has 0 spiro atoms. The number of carboxylic acid groups (broad SMARTS) is 1. The summed E-state index contributed by atoms with van der Waals surface area (Å²) < 4.78 is 10.7. The highest BCUT2D eigenvalue weighted by Crippen LogP contribution is 2.30. The van der Waals surface area contributed by atoms with Gasteiger partial charge in [-0.3, -0.25) is 0 Å². The third-order valence-electron chi connectivity index (χ3n) is 3.10. The maximum atomic E-state index is 11.3. The number of unbranched alkanes of at least 4 members (excludes halogenated alkanes) is 1. The molecule has 0 aromatic heterocycles. The fourth-order valence-electron chi connectivity index (χ4n) is 2.09. The molecule has 0 fully saturated rings. The lowest BCUT2D eigenvalue weighted by molar-refractivity contribution is 0.0692. The summed E-state index contributed by atoms with van der Waals surface area (Å²) in [5.41, 5.74) is 0.204. The van der Waals surface area contributed by atoms with E-state index in [-0.39, 0.29) is 5.56 Å². The zero-order chi connectivity index (χ0) is 14.4. The molecule has 0 heterocycles. The van der Waals surface area contributed by atoms with E-state index in [1.807, 2.05) is 24.3 Å². The molecule has 2 aromatic carbocycles. The Morgan fingerprint density at radius 3 is 2.60 bits per heavy atom. The molecule has 0 aliphatic rings. The van der Waals surface area contributed by atoms with Crippen LogP contribution in [0, 0.1) is 0 Å². The Bertz CT molecular complexity index is 592. The minimum Gasteiger partial charge on any atom is -0.492 e. The van der Waals surface area contributed by atoms with Crippen molar-refractivity contribution in [2.45, 2.75) is 12.8 Å². The molecule has 4 heteroatoms. The lowest BCUT2D eigenvalue weighted by atomic mass is 10.1. The van der Waals surface area contributed by atoms with Crippen LogP contribution in [0.2, 0.25) is 0 Å². The van der Waals surface area contributed by atoms with Gasteiger partial charge in [0.2, 0.25) is 0 Å². The van der Waals surface area contributed by atoms with Gasteiger partial charge in [-0.2, -0.15) is 0 Å². The molecule has 0 radical (unpaired) electrons. The lowest BCUT2D eigenvalue weighted by Gasteiger charge is -2.12. The van der Waals surface area contributed by atoms with Crippen LogP contribution < -0.4 is 4.74 Å². The van der Waals surface area contributed by atoms with Crippen molar-refractivity contribution in [2.24, 2.45) is 0 Å². The van der Waals surface area contributed by atoms with Crippen molar-refractivity contribution in [2.75, 3.05) is 20.3 Å². The number of carbonyl (C=O) groups is 1. The van der Waals surface area contributed by atoms with Crippen molar-refractivity contribution in [3.63, 3.8) is 0 Å². The number of hydrogen-bond donors (Lipinski definition) is 1. The van der Waals surface area contributed by atoms with Gasteiger partial charge in [0.25, 0.3) is 0 Å². The predicted molar refractivity (Wildman–Crippen MR) is 77.5 cm³/mol. The van der Waals surface area contributed by atoms with Gasteiger partial charge < -0.3 is 14.6 Å². The first-order chi connectivity index (χ1) is 9.74. The van der Waals surface area contributed by atoms with Gasteiger partial charge in [-0.1, -0.05) is 30.3 Å². The van der Waals surface area contributed by atoms with E-state index in [0.717, 1.165) is 23.6 Å². The van der Waals surface area contributed by atoms with Crippen LogP contribution in [0.5, 0.6) is 5.75 Å². The van der Waals surface area contributed by atoms with Crippen LogP contribution in [0.25, 0.3) is 10.8 Å². The zero-order valence-electron chi connectivity index (χ0n) is 11.5. The molecule has 0 aliphatic heterocycles. The third kappa shape index (κ3) is 3.27. The van der Waals surface area contributed by atoms with Crippen molar-refractivity contribution >= 4 is 16.7 Å². The smallest absolute Gasteiger partial charge is 0.339 e. The molecule has 20 heavy (non-hydrogen) atoms. The van der Waals surface area contributed by atoms with Gasteiger partial charge in [0.1, 0.15) is 11.3 Å². The Labute approximate surface area is 117 Å². The highest BCUT2D eigenvalue weighted by atomic mass is 16.5. The molecular formula is C16H18O4. The molecule has 106 valence electrons. The quantitative estimate of drug-likeness (QED) is 0.787. The molecule has 0 unspecified atom stereocenters. The topological polar surface area (TPSA) is 55.8 Å². The maximum absolute atomic E-state index is 11.3. The van der Waals surface area contributed by atoms with E-state index < -0.39 is 5.97 Å². The summed E-state index contributed by atoms with van der Waals surface area (Å²) >= 11 is 0. The van der Waals surface area contributed by atoms with Gasteiger partial charge in [0, 0.05) is 19.1 Å². The molecule has 2 aromatic rings. The van der Waals surface area contributed by atoms with E-state index in [2.05, 4.69) is 0 Å². The average molecular weight is 274 g/mol. The third-order valence-corrected chi connectivity index (χ3v) is 3.10. The van der Waals surface area contributed by atoms with Crippen LogP contribution in [-0.4, -0.2) is 31.4 Å². The van der Waals surface area contributed by atoms with E-state index in [0.29, 0.717) is 19.0 Å². The predicted octanol–water partition coefficient (Wildman–Crippen LogP) is 3.34. The molecule has 4 nitrogen and oxygen atoms in total. The minimum absolute atomic E-state index is 0.204. The highest BCUT2D eigenvalue weighted by molar-refractivity contribution is 6.00. The number of benzene rings is 2. The fourth-order valence-corrected chi connectivity index (χ4v) is 2.09. The molecule has 0 atom stereocenters. The second kappa shape index (κ2) is 6.91. The van der Waals surface area contributed by atoms with E-state index in [1.165, 1.54) is 0 Å². The lowest BCUT2D eigenvalue weighted by Crippen LogP contribution is -2.06. The summed E-state index contributed by atoms with van der Waals surface area (Å²) in [6.07, 6.45) is 1.72. The molecule has 1 N–H and O–H groups in total. The van der Waals surface area contributed by atoms with Crippen molar-refractivity contribution in [3.05, 3.63) is 42.0 Å². The van der Waals surface area contributed by atoms with Crippen LogP contribution in [0.4, 0.5) is 0 Å². The normalized spacial score (nSPS) is 10.7. The first kappa shape index (κ1) is 14.3. The van der Waals surface area contributed by atoms with Gasteiger partial charge in [0.15, 0.2) is 0 Å². The van der Waals surface area contributed by atoms with E-state index in [9.17, 15) is 9.90 Å².